The van der Waals surface area contributed by atoms with Crippen LogP contribution in [0.3, 0.4) is 0 Å². The zero-order valence-electron chi connectivity index (χ0n) is 11.1. The number of unbranched alkanes of at least 4 members (excludes halogenated alkanes) is 1. The summed E-state index contributed by atoms with van der Waals surface area (Å²) >= 11 is 3.60. The summed E-state index contributed by atoms with van der Waals surface area (Å²) in [5.74, 6) is 0.986. The summed E-state index contributed by atoms with van der Waals surface area (Å²) in [6, 6.07) is 2.57. The first-order chi connectivity index (χ1) is 8.19. The molecule has 17 heavy (non-hydrogen) atoms. The van der Waals surface area contributed by atoms with Crippen LogP contribution in [0.5, 0.6) is 0 Å². The first kappa shape index (κ1) is 14.5. The van der Waals surface area contributed by atoms with Crippen LogP contribution in [0.15, 0.2) is 16.7 Å². The number of rotatable bonds is 7. The van der Waals surface area contributed by atoms with Gasteiger partial charge in [0.2, 0.25) is 0 Å². The maximum absolute atomic E-state index is 4.41. The molecule has 0 fully saturated rings. The van der Waals surface area contributed by atoms with Crippen LogP contribution in [0.4, 0.5) is 5.82 Å². The van der Waals surface area contributed by atoms with Crippen LogP contribution < -0.4 is 5.32 Å². The van der Waals surface area contributed by atoms with E-state index in [1.807, 2.05) is 12.3 Å². The smallest absolute Gasteiger partial charge is 0.140 e. The predicted octanol–water partition coefficient (Wildman–Crippen LogP) is 4.92. The molecule has 1 heterocycles. The number of nitrogens with zero attached hydrogens (tertiary/aromatic N) is 1. The van der Waals surface area contributed by atoms with Gasteiger partial charge >= 0.3 is 0 Å². The Hall–Kier alpha value is -0.570. The second kappa shape index (κ2) is 7.70. The normalized spacial score (nSPS) is 12.5. The molecule has 0 aromatic carbocycles. The Labute approximate surface area is 113 Å². The van der Waals surface area contributed by atoms with Crippen molar-refractivity contribution >= 4 is 21.7 Å². The van der Waals surface area contributed by atoms with E-state index in [4.69, 9.17) is 0 Å². The molecule has 1 atom stereocenters. The van der Waals surface area contributed by atoms with Crippen LogP contribution in [0.1, 0.15) is 51.5 Å². The second-order valence-electron chi connectivity index (χ2n) is 4.56. The zero-order chi connectivity index (χ0) is 12.7. The summed E-state index contributed by atoms with van der Waals surface area (Å²) in [5.41, 5.74) is 1.23. The standard InChI is InChI=1S/C14H23BrN2/c1-4-6-8-12(7-5-2)17-14-13(15)11(3)9-10-16-14/h9-10,12H,4-8H2,1-3H3,(H,16,17). The molecule has 0 amide bonds. The zero-order valence-corrected chi connectivity index (χ0v) is 12.7. The summed E-state index contributed by atoms with van der Waals surface area (Å²) in [7, 11) is 0. The van der Waals surface area contributed by atoms with E-state index in [-0.39, 0.29) is 0 Å². The van der Waals surface area contributed by atoms with E-state index in [0.29, 0.717) is 6.04 Å². The lowest BCUT2D eigenvalue weighted by molar-refractivity contribution is 0.562. The molecule has 1 unspecified atom stereocenters. The lowest BCUT2D eigenvalue weighted by Gasteiger charge is -2.19. The van der Waals surface area contributed by atoms with Crippen LogP contribution in [0, 0.1) is 6.92 Å². The molecule has 1 aromatic heterocycles. The van der Waals surface area contributed by atoms with Crippen LogP contribution in [0.2, 0.25) is 0 Å². The molecule has 1 rings (SSSR count). The van der Waals surface area contributed by atoms with Gasteiger partial charge in [0.25, 0.3) is 0 Å². The quantitative estimate of drug-likeness (QED) is 0.772. The monoisotopic (exact) mass is 298 g/mol. The minimum Gasteiger partial charge on any atom is -0.366 e. The van der Waals surface area contributed by atoms with Crippen LogP contribution >= 0.6 is 15.9 Å². The van der Waals surface area contributed by atoms with Gasteiger partial charge in [-0.3, -0.25) is 0 Å². The summed E-state index contributed by atoms with van der Waals surface area (Å²) in [6.45, 7) is 6.57. The molecule has 0 aliphatic carbocycles. The average Bonchev–Trinajstić information content (AvgIpc) is 2.32. The van der Waals surface area contributed by atoms with Gasteiger partial charge in [0.15, 0.2) is 0 Å². The third-order valence-electron chi connectivity index (χ3n) is 2.97. The number of hydrogen-bond donors (Lipinski definition) is 1. The summed E-state index contributed by atoms with van der Waals surface area (Å²) in [4.78, 5) is 4.41. The fourth-order valence-corrected chi connectivity index (χ4v) is 2.27. The van der Waals surface area contributed by atoms with E-state index in [0.717, 1.165) is 10.3 Å². The molecule has 0 spiro atoms. The van der Waals surface area contributed by atoms with Gasteiger partial charge in [-0.25, -0.2) is 4.98 Å². The molecule has 1 aromatic rings. The Balaban J connectivity index is 2.67. The third kappa shape index (κ3) is 4.66. The average molecular weight is 299 g/mol. The van der Waals surface area contributed by atoms with Crippen molar-refractivity contribution in [3.05, 3.63) is 22.3 Å². The number of nitrogens with one attached hydrogen (secondary N) is 1. The molecule has 0 saturated carbocycles. The van der Waals surface area contributed by atoms with Gasteiger partial charge in [-0.05, 0) is 47.3 Å². The summed E-state index contributed by atoms with van der Waals surface area (Å²) in [6.07, 6.45) is 8.05. The van der Waals surface area contributed by atoms with Crippen molar-refractivity contribution in [1.82, 2.24) is 4.98 Å². The Bertz CT molecular complexity index is 339. The van der Waals surface area contributed by atoms with Crippen molar-refractivity contribution in [3.63, 3.8) is 0 Å². The van der Waals surface area contributed by atoms with E-state index in [2.05, 4.69) is 47.0 Å². The minimum absolute atomic E-state index is 0.547. The maximum Gasteiger partial charge on any atom is 0.140 e. The van der Waals surface area contributed by atoms with Crippen molar-refractivity contribution in [2.45, 2.75) is 58.9 Å². The SMILES string of the molecule is CCCCC(CCC)Nc1nccc(C)c1Br. The maximum atomic E-state index is 4.41. The second-order valence-corrected chi connectivity index (χ2v) is 5.36. The van der Waals surface area contributed by atoms with E-state index < -0.39 is 0 Å². The third-order valence-corrected chi connectivity index (χ3v) is 3.97. The molecule has 0 bridgehead atoms. The topological polar surface area (TPSA) is 24.9 Å². The summed E-state index contributed by atoms with van der Waals surface area (Å²) < 4.78 is 1.10. The predicted molar refractivity (Wildman–Crippen MR) is 78.5 cm³/mol. The number of aromatic nitrogens is 1. The highest BCUT2D eigenvalue weighted by molar-refractivity contribution is 9.10. The Morgan fingerprint density at radius 1 is 1.29 bits per heavy atom. The van der Waals surface area contributed by atoms with Crippen molar-refractivity contribution in [1.29, 1.82) is 0 Å². The fraction of sp³-hybridized carbons (Fsp3) is 0.643. The molecule has 0 aliphatic heterocycles. The molecule has 2 nitrogen and oxygen atoms in total. The van der Waals surface area contributed by atoms with Gasteiger partial charge in [-0.15, -0.1) is 0 Å². The fourth-order valence-electron chi connectivity index (χ4n) is 1.92. The van der Waals surface area contributed by atoms with Crippen molar-refractivity contribution < 1.29 is 0 Å². The highest BCUT2D eigenvalue weighted by Crippen LogP contribution is 2.25. The lowest BCUT2D eigenvalue weighted by atomic mass is 10.1. The number of pyridine rings is 1. The van der Waals surface area contributed by atoms with E-state index >= 15 is 0 Å². The highest BCUT2D eigenvalue weighted by atomic mass is 79.9. The minimum atomic E-state index is 0.547. The first-order valence-electron chi connectivity index (χ1n) is 6.56. The van der Waals surface area contributed by atoms with E-state index in [9.17, 15) is 0 Å². The number of halogens is 1. The lowest BCUT2D eigenvalue weighted by Crippen LogP contribution is -2.20. The van der Waals surface area contributed by atoms with E-state index in [1.165, 1.54) is 37.7 Å². The molecule has 96 valence electrons. The molecule has 0 saturated heterocycles. The van der Waals surface area contributed by atoms with Gasteiger partial charge in [-0.2, -0.15) is 0 Å². The van der Waals surface area contributed by atoms with Crippen molar-refractivity contribution in [2.75, 3.05) is 5.32 Å². The molecule has 1 N–H and O–H groups in total. The molecule has 0 aliphatic rings. The van der Waals surface area contributed by atoms with E-state index in [1.54, 1.807) is 0 Å². The van der Waals surface area contributed by atoms with Gasteiger partial charge in [0.05, 0.1) is 4.47 Å². The van der Waals surface area contributed by atoms with Crippen LogP contribution in [-0.2, 0) is 0 Å². The Morgan fingerprint density at radius 3 is 2.71 bits per heavy atom. The Morgan fingerprint density at radius 2 is 2.06 bits per heavy atom. The van der Waals surface area contributed by atoms with Crippen LogP contribution in [-0.4, -0.2) is 11.0 Å². The Kier molecular flexibility index (Phi) is 6.56. The number of anilines is 1. The van der Waals surface area contributed by atoms with Crippen molar-refractivity contribution in [2.24, 2.45) is 0 Å². The molecular formula is C14H23BrN2. The largest absolute Gasteiger partial charge is 0.366 e. The number of hydrogen-bond acceptors (Lipinski definition) is 2. The van der Waals surface area contributed by atoms with Gasteiger partial charge in [-0.1, -0.05) is 33.1 Å². The van der Waals surface area contributed by atoms with Gasteiger partial charge < -0.3 is 5.32 Å². The summed E-state index contributed by atoms with van der Waals surface area (Å²) in [5, 5.41) is 3.57. The first-order valence-corrected chi connectivity index (χ1v) is 7.36. The molecule has 0 radical (unpaired) electrons. The van der Waals surface area contributed by atoms with Gasteiger partial charge in [0.1, 0.15) is 5.82 Å². The highest BCUT2D eigenvalue weighted by Gasteiger charge is 2.10. The molecular weight excluding hydrogens is 276 g/mol. The van der Waals surface area contributed by atoms with Gasteiger partial charge in [0, 0.05) is 12.2 Å². The van der Waals surface area contributed by atoms with Crippen LogP contribution in [0.25, 0.3) is 0 Å². The number of aryl methyl sites for hydroxylation is 1. The van der Waals surface area contributed by atoms with Crippen molar-refractivity contribution in [3.8, 4) is 0 Å². The molecule has 3 heteroatoms.